The van der Waals surface area contributed by atoms with Crippen LogP contribution in [0.25, 0.3) is 0 Å². The number of carbonyl (C=O) groups is 2. The Hall–Kier alpha value is -1.92. The molecule has 2 amide bonds. The van der Waals surface area contributed by atoms with E-state index in [1.54, 1.807) is 7.11 Å². The second-order valence-corrected chi connectivity index (χ2v) is 10.4. The van der Waals surface area contributed by atoms with Crippen LogP contribution in [0.2, 0.25) is 0 Å². The third-order valence-corrected chi connectivity index (χ3v) is 7.84. The van der Waals surface area contributed by atoms with Crippen LogP contribution in [0.1, 0.15) is 68.3 Å². The van der Waals surface area contributed by atoms with Gasteiger partial charge in [0, 0.05) is 45.0 Å². The first-order chi connectivity index (χ1) is 16.0. The fraction of sp³-hybridized carbons (Fsp3) is 0.704. The molecule has 182 valence electrons. The molecule has 3 heterocycles. The average Bonchev–Trinajstić information content (AvgIpc) is 3.14. The van der Waals surface area contributed by atoms with E-state index in [2.05, 4.69) is 23.6 Å². The summed E-state index contributed by atoms with van der Waals surface area (Å²) in [6.07, 6.45) is 7.07. The molecule has 33 heavy (non-hydrogen) atoms. The third kappa shape index (κ3) is 5.27. The molecule has 0 aliphatic carbocycles. The molecule has 2 fully saturated rings. The van der Waals surface area contributed by atoms with Gasteiger partial charge >= 0.3 is 0 Å². The van der Waals surface area contributed by atoms with Crippen molar-refractivity contribution < 1.29 is 14.3 Å². The van der Waals surface area contributed by atoms with Crippen LogP contribution < -0.4 is 0 Å². The van der Waals surface area contributed by atoms with Gasteiger partial charge in [-0.2, -0.15) is 0 Å². The highest BCUT2D eigenvalue weighted by molar-refractivity contribution is 6.01. The SMILES string of the molecule is COCCCN(C[C@@H]1CCCN2CCCC[C@H]12)C(=O)[C@@H](C(C)C)N1Cc2ccccc2C1=O. The van der Waals surface area contributed by atoms with Crippen LogP contribution >= 0.6 is 0 Å². The van der Waals surface area contributed by atoms with E-state index in [0.29, 0.717) is 31.7 Å². The highest BCUT2D eigenvalue weighted by Crippen LogP contribution is 2.33. The lowest BCUT2D eigenvalue weighted by Crippen LogP contribution is -2.55. The van der Waals surface area contributed by atoms with Crippen LogP contribution in [0, 0.1) is 11.8 Å². The Morgan fingerprint density at radius 2 is 1.94 bits per heavy atom. The molecule has 4 rings (SSSR count). The number of rotatable bonds is 9. The molecule has 1 aromatic carbocycles. The van der Waals surface area contributed by atoms with E-state index in [0.717, 1.165) is 24.1 Å². The predicted octanol–water partition coefficient (Wildman–Crippen LogP) is 3.80. The lowest BCUT2D eigenvalue weighted by atomic mass is 9.83. The average molecular weight is 456 g/mol. The molecule has 2 saturated heterocycles. The van der Waals surface area contributed by atoms with Gasteiger partial charge in [-0.15, -0.1) is 0 Å². The number of piperidine rings is 2. The molecule has 0 spiro atoms. The number of hydrogen-bond donors (Lipinski definition) is 0. The lowest BCUT2D eigenvalue weighted by molar-refractivity contribution is -0.139. The summed E-state index contributed by atoms with van der Waals surface area (Å²) in [7, 11) is 1.71. The number of carbonyl (C=O) groups excluding carboxylic acids is 2. The van der Waals surface area contributed by atoms with E-state index in [1.807, 2.05) is 29.2 Å². The topological polar surface area (TPSA) is 53.1 Å². The van der Waals surface area contributed by atoms with Gasteiger partial charge < -0.3 is 19.4 Å². The Morgan fingerprint density at radius 1 is 1.15 bits per heavy atom. The van der Waals surface area contributed by atoms with Crippen LogP contribution in [0.5, 0.6) is 0 Å². The van der Waals surface area contributed by atoms with Gasteiger partial charge in [0.25, 0.3) is 5.91 Å². The second-order valence-electron chi connectivity index (χ2n) is 10.4. The van der Waals surface area contributed by atoms with Crippen molar-refractivity contribution >= 4 is 11.8 Å². The summed E-state index contributed by atoms with van der Waals surface area (Å²) in [5.74, 6) is 0.670. The number of fused-ring (bicyclic) bond motifs is 2. The number of ether oxygens (including phenoxy) is 1. The molecule has 1 aromatic rings. The Morgan fingerprint density at radius 3 is 2.70 bits per heavy atom. The van der Waals surface area contributed by atoms with Crippen molar-refractivity contribution in [3.8, 4) is 0 Å². The van der Waals surface area contributed by atoms with Gasteiger partial charge in [0.2, 0.25) is 5.91 Å². The van der Waals surface area contributed by atoms with Crippen molar-refractivity contribution in [1.82, 2.24) is 14.7 Å². The molecule has 0 aromatic heterocycles. The van der Waals surface area contributed by atoms with Gasteiger partial charge in [0.15, 0.2) is 0 Å². The maximum atomic E-state index is 14.1. The Kier molecular flexibility index (Phi) is 8.07. The molecule has 3 atom stereocenters. The first kappa shape index (κ1) is 24.2. The predicted molar refractivity (Wildman–Crippen MR) is 130 cm³/mol. The minimum absolute atomic E-state index is 0.00869. The van der Waals surface area contributed by atoms with Crippen molar-refractivity contribution in [3.05, 3.63) is 35.4 Å². The molecule has 3 aliphatic rings. The Bertz CT molecular complexity index is 825. The summed E-state index contributed by atoms with van der Waals surface area (Å²) in [4.78, 5) is 33.9. The van der Waals surface area contributed by atoms with Gasteiger partial charge in [-0.3, -0.25) is 9.59 Å². The van der Waals surface area contributed by atoms with Crippen LogP contribution in [0.15, 0.2) is 24.3 Å². The first-order valence-corrected chi connectivity index (χ1v) is 12.9. The normalized spacial score (nSPS) is 24.0. The van der Waals surface area contributed by atoms with E-state index < -0.39 is 6.04 Å². The molecule has 0 unspecified atom stereocenters. The van der Waals surface area contributed by atoms with Crippen molar-refractivity contribution in [2.45, 2.75) is 71.0 Å². The van der Waals surface area contributed by atoms with Gasteiger partial charge in [-0.1, -0.05) is 38.5 Å². The molecule has 0 radical (unpaired) electrons. The summed E-state index contributed by atoms with van der Waals surface area (Å²) >= 11 is 0. The summed E-state index contributed by atoms with van der Waals surface area (Å²) in [5, 5.41) is 0. The Balaban J connectivity index is 1.53. The van der Waals surface area contributed by atoms with Crippen LogP contribution in [-0.2, 0) is 16.1 Å². The summed E-state index contributed by atoms with van der Waals surface area (Å²) in [6.45, 7) is 9.18. The minimum atomic E-state index is -0.432. The van der Waals surface area contributed by atoms with Gasteiger partial charge in [0.05, 0.1) is 0 Å². The van der Waals surface area contributed by atoms with Gasteiger partial charge in [-0.25, -0.2) is 0 Å². The number of nitrogens with zero attached hydrogens (tertiary/aromatic N) is 3. The fourth-order valence-electron chi connectivity index (χ4n) is 6.23. The van der Waals surface area contributed by atoms with E-state index >= 15 is 0 Å². The summed E-state index contributed by atoms with van der Waals surface area (Å²) in [5.41, 5.74) is 1.77. The monoisotopic (exact) mass is 455 g/mol. The van der Waals surface area contributed by atoms with E-state index in [9.17, 15) is 9.59 Å². The molecular formula is C27H41N3O3. The van der Waals surface area contributed by atoms with Crippen molar-refractivity contribution in [1.29, 1.82) is 0 Å². The molecule has 0 N–H and O–H groups in total. The molecular weight excluding hydrogens is 414 g/mol. The second kappa shape index (κ2) is 11.0. The standard InChI is InChI=1S/C27H41N3O3/c1-20(2)25(30-19-21-10-4-5-12-23(21)26(30)31)27(32)29(16-9-17-33-3)18-22-11-8-15-28-14-7-6-13-24(22)28/h4-5,10,12,20,22,24-25H,6-9,11,13-19H2,1-3H3/t22-,24+,25+/m0/s1. The highest BCUT2D eigenvalue weighted by atomic mass is 16.5. The first-order valence-electron chi connectivity index (χ1n) is 12.9. The molecule has 6 heteroatoms. The summed E-state index contributed by atoms with van der Waals surface area (Å²) in [6, 6.07) is 7.93. The van der Waals surface area contributed by atoms with E-state index in [4.69, 9.17) is 4.74 Å². The van der Waals surface area contributed by atoms with Crippen LogP contribution in [0.4, 0.5) is 0 Å². The van der Waals surface area contributed by atoms with Crippen molar-refractivity contribution in [2.75, 3.05) is 39.9 Å². The number of methoxy groups -OCH3 is 1. The maximum absolute atomic E-state index is 14.1. The van der Waals surface area contributed by atoms with Crippen molar-refractivity contribution in [3.63, 3.8) is 0 Å². The minimum Gasteiger partial charge on any atom is -0.385 e. The molecule has 0 saturated carbocycles. The molecule has 0 bridgehead atoms. The quantitative estimate of drug-likeness (QED) is 0.532. The molecule has 3 aliphatic heterocycles. The zero-order chi connectivity index (χ0) is 23.4. The van der Waals surface area contributed by atoms with Crippen LogP contribution in [0.3, 0.4) is 0 Å². The van der Waals surface area contributed by atoms with Crippen LogP contribution in [-0.4, -0.2) is 78.5 Å². The molecule has 6 nitrogen and oxygen atoms in total. The van der Waals surface area contributed by atoms with Gasteiger partial charge in [-0.05, 0) is 68.7 Å². The number of hydrogen-bond acceptors (Lipinski definition) is 4. The largest absolute Gasteiger partial charge is 0.385 e. The van der Waals surface area contributed by atoms with E-state index in [1.165, 1.54) is 45.2 Å². The zero-order valence-corrected chi connectivity index (χ0v) is 20.7. The maximum Gasteiger partial charge on any atom is 0.255 e. The highest BCUT2D eigenvalue weighted by Gasteiger charge is 2.41. The van der Waals surface area contributed by atoms with Gasteiger partial charge in [0.1, 0.15) is 6.04 Å². The lowest BCUT2D eigenvalue weighted by Gasteiger charge is -2.46. The van der Waals surface area contributed by atoms with E-state index in [-0.39, 0.29) is 17.7 Å². The zero-order valence-electron chi connectivity index (χ0n) is 20.7. The smallest absolute Gasteiger partial charge is 0.255 e. The number of amides is 2. The Labute approximate surface area is 199 Å². The summed E-state index contributed by atoms with van der Waals surface area (Å²) < 4.78 is 5.30. The number of benzene rings is 1. The van der Waals surface area contributed by atoms with Crippen molar-refractivity contribution in [2.24, 2.45) is 11.8 Å². The third-order valence-electron chi connectivity index (χ3n) is 7.84. The fourth-order valence-corrected chi connectivity index (χ4v) is 6.23.